The van der Waals surface area contributed by atoms with Gasteiger partial charge in [-0.3, -0.25) is 4.18 Å². The largest absolute Gasteiger partial charge is 0.391 e. The summed E-state index contributed by atoms with van der Waals surface area (Å²) in [5.74, 6) is 0. The lowest BCUT2D eigenvalue weighted by atomic mass is 10.1. The third kappa shape index (κ3) is 7.81. The Bertz CT molecular complexity index is 782. The minimum Gasteiger partial charge on any atom is -0.391 e. The molecular formula is C21H28O5S. The molecule has 2 aromatic rings. The number of ether oxygens (including phenoxy) is 1. The standard InChI is InChI=1S/C21H28O5S/c1-17-6-10-19(11-7-17)15-25-16-20(22)5-3-4-14-26-27(23,24)21-12-8-18(2)9-13-21/h6-13,20,22H,3-5,14-16H2,1-2H3. The summed E-state index contributed by atoms with van der Waals surface area (Å²) < 4.78 is 34.7. The van der Waals surface area contributed by atoms with Crippen molar-refractivity contribution in [2.45, 2.75) is 50.7 Å². The van der Waals surface area contributed by atoms with E-state index >= 15 is 0 Å². The maximum absolute atomic E-state index is 12.0. The van der Waals surface area contributed by atoms with Gasteiger partial charge in [-0.15, -0.1) is 0 Å². The topological polar surface area (TPSA) is 72.8 Å². The Morgan fingerprint density at radius 2 is 1.52 bits per heavy atom. The molecule has 2 aromatic carbocycles. The first-order valence-corrected chi connectivity index (χ1v) is 10.5. The molecule has 0 aliphatic carbocycles. The van der Waals surface area contributed by atoms with Crippen molar-refractivity contribution in [1.82, 2.24) is 0 Å². The molecule has 1 N–H and O–H groups in total. The molecular weight excluding hydrogens is 364 g/mol. The fraction of sp³-hybridized carbons (Fsp3) is 0.429. The van der Waals surface area contributed by atoms with Crippen LogP contribution in [0.3, 0.4) is 0 Å². The average molecular weight is 393 g/mol. The molecule has 27 heavy (non-hydrogen) atoms. The van der Waals surface area contributed by atoms with Gasteiger partial charge in [0.05, 0.1) is 30.8 Å². The van der Waals surface area contributed by atoms with Crippen molar-refractivity contribution in [3.63, 3.8) is 0 Å². The Labute approximate surface area is 162 Å². The normalized spacial score (nSPS) is 12.9. The Kier molecular flexibility index (Phi) is 8.44. The quantitative estimate of drug-likeness (QED) is 0.466. The van der Waals surface area contributed by atoms with Crippen molar-refractivity contribution in [3.05, 3.63) is 65.2 Å². The number of hydrogen-bond donors (Lipinski definition) is 1. The highest BCUT2D eigenvalue weighted by atomic mass is 32.2. The van der Waals surface area contributed by atoms with Crippen molar-refractivity contribution >= 4 is 10.1 Å². The van der Waals surface area contributed by atoms with Crippen LogP contribution in [-0.2, 0) is 25.6 Å². The molecule has 0 saturated carbocycles. The van der Waals surface area contributed by atoms with Crippen LogP contribution in [0.15, 0.2) is 53.4 Å². The maximum Gasteiger partial charge on any atom is 0.296 e. The first-order valence-electron chi connectivity index (χ1n) is 9.14. The number of hydrogen-bond acceptors (Lipinski definition) is 5. The molecule has 1 unspecified atom stereocenters. The van der Waals surface area contributed by atoms with E-state index in [1.165, 1.54) is 5.56 Å². The molecule has 0 fully saturated rings. The summed E-state index contributed by atoms with van der Waals surface area (Å²) in [5, 5.41) is 9.95. The van der Waals surface area contributed by atoms with Gasteiger partial charge in [-0.25, -0.2) is 0 Å². The molecule has 1 atom stereocenters. The third-order valence-corrected chi connectivity index (χ3v) is 5.51. The average Bonchev–Trinajstić information content (AvgIpc) is 2.63. The van der Waals surface area contributed by atoms with E-state index in [-0.39, 0.29) is 18.1 Å². The van der Waals surface area contributed by atoms with Crippen LogP contribution >= 0.6 is 0 Å². The summed E-state index contributed by atoms with van der Waals surface area (Å²) in [5.41, 5.74) is 3.26. The number of rotatable bonds is 11. The monoisotopic (exact) mass is 392 g/mol. The fourth-order valence-electron chi connectivity index (χ4n) is 2.50. The number of aryl methyl sites for hydroxylation is 2. The summed E-state index contributed by atoms with van der Waals surface area (Å²) in [6.07, 6.45) is 1.20. The second-order valence-corrected chi connectivity index (χ2v) is 8.35. The SMILES string of the molecule is Cc1ccc(COCC(O)CCCCOS(=O)(=O)c2ccc(C)cc2)cc1. The Hall–Kier alpha value is -1.73. The van der Waals surface area contributed by atoms with E-state index in [1.54, 1.807) is 24.3 Å². The van der Waals surface area contributed by atoms with Crippen LogP contribution in [0.1, 0.15) is 36.0 Å². The van der Waals surface area contributed by atoms with Gasteiger partial charge in [0.2, 0.25) is 0 Å². The highest BCUT2D eigenvalue weighted by Crippen LogP contribution is 2.14. The first-order chi connectivity index (χ1) is 12.9. The number of benzene rings is 2. The third-order valence-electron chi connectivity index (χ3n) is 4.18. The number of aliphatic hydroxyl groups is 1. The fourth-order valence-corrected chi connectivity index (χ4v) is 3.45. The molecule has 0 aliphatic rings. The van der Waals surface area contributed by atoms with Gasteiger partial charge in [0.15, 0.2) is 0 Å². The van der Waals surface area contributed by atoms with Gasteiger partial charge in [-0.1, -0.05) is 47.5 Å². The summed E-state index contributed by atoms with van der Waals surface area (Å²) in [6.45, 7) is 4.76. The summed E-state index contributed by atoms with van der Waals surface area (Å²) >= 11 is 0. The molecule has 0 aromatic heterocycles. The van der Waals surface area contributed by atoms with E-state index in [0.29, 0.717) is 25.9 Å². The lowest BCUT2D eigenvalue weighted by Crippen LogP contribution is -2.15. The van der Waals surface area contributed by atoms with Gasteiger partial charge in [0.25, 0.3) is 10.1 Å². The van der Waals surface area contributed by atoms with Gasteiger partial charge >= 0.3 is 0 Å². The molecule has 6 heteroatoms. The molecule has 0 amide bonds. The number of aliphatic hydroxyl groups excluding tert-OH is 1. The molecule has 148 valence electrons. The lowest BCUT2D eigenvalue weighted by Gasteiger charge is -2.11. The zero-order chi connectivity index (χ0) is 19.7. The molecule has 0 heterocycles. The number of unbranched alkanes of at least 4 members (excludes halogenated alkanes) is 1. The molecule has 0 saturated heterocycles. The van der Waals surface area contributed by atoms with Gasteiger partial charge in [0, 0.05) is 0 Å². The minimum absolute atomic E-state index is 0.104. The van der Waals surface area contributed by atoms with Crippen LogP contribution in [0, 0.1) is 13.8 Å². The van der Waals surface area contributed by atoms with Crippen LogP contribution in [0.5, 0.6) is 0 Å². The van der Waals surface area contributed by atoms with Crippen LogP contribution in [-0.4, -0.2) is 32.8 Å². The van der Waals surface area contributed by atoms with E-state index in [2.05, 4.69) is 0 Å². The molecule has 5 nitrogen and oxygen atoms in total. The van der Waals surface area contributed by atoms with E-state index < -0.39 is 16.2 Å². The summed E-state index contributed by atoms with van der Waals surface area (Å²) in [7, 11) is -3.71. The zero-order valence-electron chi connectivity index (χ0n) is 15.9. The van der Waals surface area contributed by atoms with Crippen molar-refractivity contribution in [3.8, 4) is 0 Å². The summed E-state index contributed by atoms with van der Waals surface area (Å²) in [6, 6.07) is 14.6. The van der Waals surface area contributed by atoms with E-state index in [1.807, 2.05) is 38.1 Å². The van der Waals surface area contributed by atoms with Crippen LogP contribution in [0.4, 0.5) is 0 Å². The van der Waals surface area contributed by atoms with Crippen molar-refractivity contribution in [2.24, 2.45) is 0 Å². The Balaban J connectivity index is 1.59. The van der Waals surface area contributed by atoms with Crippen LogP contribution in [0.2, 0.25) is 0 Å². The van der Waals surface area contributed by atoms with Crippen molar-refractivity contribution in [2.75, 3.05) is 13.2 Å². The zero-order valence-corrected chi connectivity index (χ0v) is 16.7. The van der Waals surface area contributed by atoms with Gasteiger partial charge < -0.3 is 9.84 Å². The van der Waals surface area contributed by atoms with Crippen molar-refractivity contribution in [1.29, 1.82) is 0 Å². The second kappa shape index (κ2) is 10.6. The van der Waals surface area contributed by atoms with E-state index in [0.717, 1.165) is 11.1 Å². The van der Waals surface area contributed by atoms with E-state index in [4.69, 9.17) is 8.92 Å². The van der Waals surface area contributed by atoms with E-state index in [9.17, 15) is 13.5 Å². The molecule has 2 rings (SSSR count). The van der Waals surface area contributed by atoms with Crippen LogP contribution < -0.4 is 0 Å². The van der Waals surface area contributed by atoms with Crippen molar-refractivity contribution < 1.29 is 22.4 Å². The molecule has 0 spiro atoms. The molecule has 0 radical (unpaired) electrons. The first kappa shape index (κ1) is 21.6. The predicted molar refractivity (Wildman–Crippen MR) is 105 cm³/mol. The van der Waals surface area contributed by atoms with Gasteiger partial charge in [-0.05, 0) is 50.8 Å². The lowest BCUT2D eigenvalue weighted by molar-refractivity contribution is 0.0230. The second-order valence-electron chi connectivity index (χ2n) is 6.74. The maximum atomic E-state index is 12.0. The smallest absolute Gasteiger partial charge is 0.296 e. The highest BCUT2D eigenvalue weighted by Gasteiger charge is 2.14. The Morgan fingerprint density at radius 1 is 0.926 bits per heavy atom. The molecule has 0 aliphatic heterocycles. The highest BCUT2D eigenvalue weighted by molar-refractivity contribution is 7.86. The molecule has 0 bridgehead atoms. The predicted octanol–water partition coefficient (Wildman–Crippen LogP) is 3.76. The summed E-state index contributed by atoms with van der Waals surface area (Å²) in [4.78, 5) is 0.164. The van der Waals surface area contributed by atoms with Gasteiger partial charge in [-0.2, -0.15) is 8.42 Å². The minimum atomic E-state index is -3.71. The van der Waals surface area contributed by atoms with Gasteiger partial charge in [0.1, 0.15) is 0 Å². The van der Waals surface area contributed by atoms with Crippen LogP contribution in [0.25, 0.3) is 0 Å². The Morgan fingerprint density at radius 3 is 2.15 bits per heavy atom.